The molecule has 0 amide bonds. The molecule has 0 saturated carbocycles. The van der Waals surface area contributed by atoms with E-state index in [0.717, 1.165) is 51.6 Å². The number of hydrogen-bond acceptors (Lipinski definition) is 6. The van der Waals surface area contributed by atoms with Crippen molar-refractivity contribution in [2.75, 3.05) is 50.0 Å². The minimum atomic E-state index is 0.349. The maximum Gasteiger partial charge on any atom is 0.153 e. The molecule has 0 bridgehead atoms. The number of nitrogens with two attached hydrogens (primary N) is 1. The van der Waals surface area contributed by atoms with Crippen molar-refractivity contribution >= 4 is 23.2 Å². The fourth-order valence-electron chi connectivity index (χ4n) is 2.77. The number of hydrogen-bond donors (Lipinski definition) is 1. The van der Waals surface area contributed by atoms with Gasteiger partial charge in [0, 0.05) is 32.2 Å². The summed E-state index contributed by atoms with van der Waals surface area (Å²) in [6.07, 6.45) is 2.60. The highest BCUT2D eigenvalue weighted by Gasteiger charge is 2.30. The van der Waals surface area contributed by atoms with Crippen molar-refractivity contribution in [3.8, 4) is 0 Å². The van der Waals surface area contributed by atoms with E-state index in [2.05, 4.69) is 19.8 Å². The van der Waals surface area contributed by atoms with E-state index >= 15 is 0 Å². The Balaban J connectivity index is 1.69. The Hall–Kier alpha value is -1.11. The smallest absolute Gasteiger partial charge is 0.153 e. The normalized spacial score (nSPS) is 24.9. The summed E-state index contributed by atoms with van der Waals surface area (Å²) in [5, 5.41) is 0.463. The molecule has 104 valence electrons. The van der Waals surface area contributed by atoms with Gasteiger partial charge in [-0.1, -0.05) is 11.6 Å². The second kappa shape index (κ2) is 5.48. The van der Waals surface area contributed by atoms with Gasteiger partial charge < -0.3 is 15.4 Å². The SMILES string of the molecule is Nc1ncnc(N2CCC(N3CCOCC3)C2)c1Cl. The third-order valence-electron chi connectivity index (χ3n) is 3.82. The lowest BCUT2D eigenvalue weighted by Gasteiger charge is -2.32. The Morgan fingerprint density at radius 3 is 2.84 bits per heavy atom. The molecular formula is C12H18ClN5O. The number of anilines is 2. The highest BCUT2D eigenvalue weighted by atomic mass is 35.5. The zero-order valence-corrected chi connectivity index (χ0v) is 11.5. The number of nitrogens with zero attached hydrogens (tertiary/aromatic N) is 4. The Bertz CT molecular complexity index is 452. The van der Waals surface area contributed by atoms with E-state index in [1.54, 1.807) is 0 Å². The molecule has 19 heavy (non-hydrogen) atoms. The molecule has 0 spiro atoms. The molecule has 2 fully saturated rings. The summed E-state index contributed by atoms with van der Waals surface area (Å²) < 4.78 is 5.39. The van der Waals surface area contributed by atoms with Crippen LogP contribution in [-0.4, -0.2) is 60.3 Å². The van der Waals surface area contributed by atoms with Gasteiger partial charge in [0.15, 0.2) is 5.82 Å². The van der Waals surface area contributed by atoms with Gasteiger partial charge in [0.1, 0.15) is 17.2 Å². The molecule has 3 rings (SSSR count). The predicted octanol–water partition coefficient (Wildman–Crippen LogP) is 0.623. The first-order valence-corrected chi connectivity index (χ1v) is 6.96. The number of nitrogen functional groups attached to an aromatic ring is 1. The van der Waals surface area contributed by atoms with Gasteiger partial charge in [0.05, 0.1) is 13.2 Å². The van der Waals surface area contributed by atoms with Crippen LogP contribution in [-0.2, 0) is 4.74 Å². The maximum atomic E-state index is 6.18. The second-order valence-electron chi connectivity index (χ2n) is 4.93. The number of aromatic nitrogens is 2. The second-order valence-corrected chi connectivity index (χ2v) is 5.31. The van der Waals surface area contributed by atoms with Gasteiger partial charge in [-0.05, 0) is 6.42 Å². The van der Waals surface area contributed by atoms with E-state index in [4.69, 9.17) is 22.1 Å². The first-order chi connectivity index (χ1) is 9.25. The molecule has 6 nitrogen and oxygen atoms in total. The fourth-order valence-corrected chi connectivity index (χ4v) is 2.99. The van der Waals surface area contributed by atoms with E-state index < -0.39 is 0 Å². The molecule has 2 aliphatic rings. The first-order valence-electron chi connectivity index (χ1n) is 6.58. The number of ether oxygens (including phenoxy) is 1. The molecule has 1 aromatic rings. The summed E-state index contributed by atoms with van der Waals surface area (Å²) in [5.41, 5.74) is 5.73. The molecule has 1 unspecified atom stereocenters. The van der Waals surface area contributed by atoms with Crippen LogP contribution in [0.2, 0.25) is 5.02 Å². The van der Waals surface area contributed by atoms with Crippen LogP contribution in [0.4, 0.5) is 11.6 Å². The van der Waals surface area contributed by atoms with Gasteiger partial charge in [-0.2, -0.15) is 0 Å². The zero-order valence-electron chi connectivity index (χ0n) is 10.8. The minimum absolute atomic E-state index is 0.349. The zero-order chi connectivity index (χ0) is 13.2. The Morgan fingerprint density at radius 1 is 1.26 bits per heavy atom. The van der Waals surface area contributed by atoms with Gasteiger partial charge >= 0.3 is 0 Å². The van der Waals surface area contributed by atoms with Gasteiger partial charge in [0.2, 0.25) is 0 Å². The molecule has 1 aromatic heterocycles. The number of morpholine rings is 1. The Labute approximate surface area is 117 Å². The van der Waals surface area contributed by atoms with Crippen molar-refractivity contribution < 1.29 is 4.74 Å². The van der Waals surface area contributed by atoms with Crippen LogP contribution in [0.1, 0.15) is 6.42 Å². The van der Waals surface area contributed by atoms with E-state index in [1.807, 2.05) is 0 Å². The van der Waals surface area contributed by atoms with Crippen molar-refractivity contribution in [2.45, 2.75) is 12.5 Å². The molecule has 0 aromatic carbocycles. The van der Waals surface area contributed by atoms with Crippen LogP contribution in [0.15, 0.2) is 6.33 Å². The summed E-state index contributed by atoms with van der Waals surface area (Å²) in [6.45, 7) is 5.58. The number of halogens is 1. The lowest BCUT2D eigenvalue weighted by atomic mass is 10.2. The summed E-state index contributed by atoms with van der Waals surface area (Å²) in [4.78, 5) is 12.8. The van der Waals surface area contributed by atoms with Gasteiger partial charge in [-0.15, -0.1) is 0 Å². The van der Waals surface area contributed by atoms with Crippen molar-refractivity contribution in [3.05, 3.63) is 11.3 Å². The topological polar surface area (TPSA) is 67.5 Å². The summed E-state index contributed by atoms with van der Waals surface area (Å²) in [7, 11) is 0. The van der Waals surface area contributed by atoms with Gasteiger partial charge in [-0.3, -0.25) is 4.90 Å². The highest BCUT2D eigenvalue weighted by Crippen LogP contribution is 2.30. The third kappa shape index (κ3) is 2.61. The fraction of sp³-hybridized carbons (Fsp3) is 0.667. The van der Waals surface area contributed by atoms with Crippen LogP contribution < -0.4 is 10.6 Å². The van der Waals surface area contributed by atoms with E-state index in [0.29, 0.717) is 16.9 Å². The van der Waals surface area contributed by atoms with Crippen LogP contribution in [0.5, 0.6) is 0 Å². The summed E-state index contributed by atoms with van der Waals surface area (Å²) >= 11 is 6.18. The molecule has 7 heteroatoms. The van der Waals surface area contributed by atoms with Gasteiger partial charge in [-0.25, -0.2) is 9.97 Å². The van der Waals surface area contributed by atoms with Crippen LogP contribution in [0.3, 0.4) is 0 Å². The van der Waals surface area contributed by atoms with Crippen LogP contribution >= 0.6 is 11.6 Å². The lowest BCUT2D eigenvalue weighted by molar-refractivity contribution is 0.0209. The third-order valence-corrected chi connectivity index (χ3v) is 4.19. The maximum absolute atomic E-state index is 6.18. The Kier molecular flexibility index (Phi) is 3.72. The molecule has 2 N–H and O–H groups in total. The van der Waals surface area contributed by atoms with Crippen molar-refractivity contribution in [1.82, 2.24) is 14.9 Å². The predicted molar refractivity (Wildman–Crippen MR) is 74.5 cm³/mol. The average molecular weight is 284 g/mol. The molecule has 3 heterocycles. The largest absolute Gasteiger partial charge is 0.382 e. The van der Waals surface area contributed by atoms with E-state index in [-0.39, 0.29) is 0 Å². The molecule has 1 atom stereocenters. The Morgan fingerprint density at radius 2 is 2.05 bits per heavy atom. The molecular weight excluding hydrogens is 266 g/mol. The van der Waals surface area contributed by atoms with Crippen LogP contribution in [0, 0.1) is 0 Å². The molecule has 0 aliphatic carbocycles. The van der Waals surface area contributed by atoms with E-state index in [9.17, 15) is 0 Å². The van der Waals surface area contributed by atoms with Gasteiger partial charge in [0.25, 0.3) is 0 Å². The minimum Gasteiger partial charge on any atom is -0.382 e. The average Bonchev–Trinajstić information content (AvgIpc) is 2.92. The monoisotopic (exact) mass is 283 g/mol. The van der Waals surface area contributed by atoms with Crippen LogP contribution in [0.25, 0.3) is 0 Å². The molecule has 0 radical (unpaired) electrons. The standard InChI is InChI=1S/C12H18ClN5O/c13-10-11(14)15-8-16-12(10)18-2-1-9(7-18)17-3-5-19-6-4-17/h8-9H,1-7H2,(H2,14,15,16). The van der Waals surface area contributed by atoms with Crippen molar-refractivity contribution in [1.29, 1.82) is 0 Å². The highest BCUT2D eigenvalue weighted by molar-refractivity contribution is 6.35. The lowest BCUT2D eigenvalue weighted by Crippen LogP contribution is -2.44. The van der Waals surface area contributed by atoms with E-state index in [1.165, 1.54) is 6.33 Å². The summed E-state index contributed by atoms with van der Waals surface area (Å²) in [5.74, 6) is 1.10. The van der Waals surface area contributed by atoms with Crippen molar-refractivity contribution in [3.63, 3.8) is 0 Å². The quantitative estimate of drug-likeness (QED) is 0.858. The summed E-state index contributed by atoms with van der Waals surface area (Å²) in [6, 6.07) is 0.552. The molecule has 2 saturated heterocycles. The van der Waals surface area contributed by atoms with Crippen molar-refractivity contribution in [2.24, 2.45) is 0 Å². The molecule has 2 aliphatic heterocycles. The first kappa shape index (κ1) is 12.9. The number of rotatable bonds is 2.